The van der Waals surface area contributed by atoms with Crippen molar-refractivity contribution in [2.24, 2.45) is 0 Å². The van der Waals surface area contributed by atoms with Gasteiger partial charge in [0.2, 0.25) is 0 Å². The van der Waals surface area contributed by atoms with Crippen LogP contribution in [0.1, 0.15) is 26.7 Å². The molecule has 12 heavy (non-hydrogen) atoms. The Morgan fingerprint density at radius 1 is 1.42 bits per heavy atom. The monoisotopic (exact) mass is 193 g/mol. The first-order chi connectivity index (χ1) is 5.85. The summed E-state index contributed by atoms with van der Waals surface area (Å²) in [6.45, 7) is 6.72. The third-order valence-electron chi connectivity index (χ3n) is 1.83. The van der Waals surface area contributed by atoms with Crippen molar-refractivity contribution in [1.82, 2.24) is 5.32 Å². The Labute approximate surface area is 80.6 Å². The molecular weight excluding hydrogens is 174 g/mol. The van der Waals surface area contributed by atoms with Crippen LogP contribution in [0.2, 0.25) is 0 Å². The van der Waals surface area contributed by atoms with Gasteiger partial charge in [0.05, 0.1) is 6.61 Å². The summed E-state index contributed by atoms with van der Waals surface area (Å²) >= 11 is 5.64. The molecule has 1 N–H and O–H groups in total. The molecule has 3 heteroatoms. The maximum atomic E-state index is 5.64. The Bertz CT molecular complexity index is 90.6. The van der Waals surface area contributed by atoms with Crippen molar-refractivity contribution < 1.29 is 4.74 Å². The van der Waals surface area contributed by atoms with Gasteiger partial charge in [-0.1, -0.05) is 6.92 Å². The molecule has 0 amide bonds. The first-order valence-electron chi connectivity index (χ1n) is 4.72. The van der Waals surface area contributed by atoms with Gasteiger partial charge in [0.25, 0.3) is 0 Å². The maximum Gasteiger partial charge on any atom is 0.0590 e. The zero-order valence-corrected chi connectivity index (χ0v) is 8.86. The highest BCUT2D eigenvalue weighted by molar-refractivity contribution is 6.17. The molecular formula is C9H20ClNO. The summed E-state index contributed by atoms with van der Waals surface area (Å²) < 4.78 is 5.21. The van der Waals surface area contributed by atoms with Crippen LogP contribution in [0.15, 0.2) is 0 Å². The second kappa shape index (κ2) is 9.30. The van der Waals surface area contributed by atoms with Crippen LogP contribution in [0.3, 0.4) is 0 Å². The van der Waals surface area contributed by atoms with E-state index in [9.17, 15) is 0 Å². The fourth-order valence-electron chi connectivity index (χ4n) is 1.06. The highest BCUT2D eigenvalue weighted by Gasteiger charge is 2.02. The Balaban J connectivity index is 3.19. The van der Waals surface area contributed by atoms with Crippen molar-refractivity contribution >= 4 is 11.6 Å². The van der Waals surface area contributed by atoms with E-state index in [1.54, 1.807) is 0 Å². The molecule has 0 aromatic rings. The standard InChI is InChI=1S/C9H20ClNO/c1-3-9(5-6-10)11-7-8-12-4-2/h9,11H,3-8H2,1-2H3. The number of hydrogen-bond acceptors (Lipinski definition) is 2. The first-order valence-corrected chi connectivity index (χ1v) is 5.25. The minimum atomic E-state index is 0.558. The van der Waals surface area contributed by atoms with E-state index in [1.165, 1.54) is 0 Å². The van der Waals surface area contributed by atoms with Crippen LogP contribution in [0.4, 0.5) is 0 Å². The summed E-state index contributed by atoms with van der Waals surface area (Å²) in [5.41, 5.74) is 0. The Morgan fingerprint density at radius 3 is 2.67 bits per heavy atom. The zero-order chi connectivity index (χ0) is 9.23. The molecule has 0 rings (SSSR count). The second-order valence-corrected chi connectivity index (χ2v) is 3.11. The normalized spacial score (nSPS) is 13.2. The fraction of sp³-hybridized carbons (Fsp3) is 1.00. The Morgan fingerprint density at radius 2 is 2.17 bits per heavy atom. The lowest BCUT2D eigenvalue weighted by Crippen LogP contribution is -2.31. The van der Waals surface area contributed by atoms with Gasteiger partial charge in [0.1, 0.15) is 0 Å². The summed E-state index contributed by atoms with van der Waals surface area (Å²) in [4.78, 5) is 0. The average Bonchev–Trinajstić information content (AvgIpc) is 2.10. The lowest BCUT2D eigenvalue weighted by molar-refractivity contribution is 0.146. The molecule has 0 saturated heterocycles. The highest BCUT2D eigenvalue weighted by Crippen LogP contribution is 1.98. The average molecular weight is 194 g/mol. The van der Waals surface area contributed by atoms with Gasteiger partial charge in [-0.05, 0) is 19.8 Å². The first kappa shape index (κ1) is 12.2. The molecule has 0 aliphatic heterocycles. The molecule has 0 heterocycles. The molecule has 0 spiro atoms. The van der Waals surface area contributed by atoms with E-state index in [-0.39, 0.29) is 0 Å². The highest BCUT2D eigenvalue weighted by atomic mass is 35.5. The lowest BCUT2D eigenvalue weighted by Gasteiger charge is -2.14. The SMILES string of the molecule is CCOCCNC(CC)CCCl. The van der Waals surface area contributed by atoms with Crippen LogP contribution in [0.5, 0.6) is 0 Å². The van der Waals surface area contributed by atoms with Gasteiger partial charge in [-0.25, -0.2) is 0 Å². The molecule has 0 saturated carbocycles. The predicted molar refractivity (Wildman–Crippen MR) is 53.9 cm³/mol. The summed E-state index contributed by atoms with van der Waals surface area (Å²) in [5, 5.41) is 3.40. The van der Waals surface area contributed by atoms with Gasteiger partial charge in [-0.2, -0.15) is 0 Å². The molecule has 2 nitrogen and oxygen atoms in total. The Kier molecular flexibility index (Phi) is 9.46. The van der Waals surface area contributed by atoms with Crippen LogP contribution in [0, 0.1) is 0 Å². The summed E-state index contributed by atoms with van der Waals surface area (Å²) in [6.07, 6.45) is 2.18. The molecule has 0 aromatic heterocycles. The van der Waals surface area contributed by atoms with E-state index in [0.29, 0.717) is 6.04 Å². The van der Waals surface area contributed by atoms with Crippen molar-refractivity contribution in [3.05, 3.63) is 0 Å². The minimum Gasteiger partial charge on any atom is -0.380 e. The van der Waals surface area contributed by atoms with Crippen molar-refractivity contribution in [2.45, 2.75) is 32.7 Å². The van der Waals surface area contributed by atoms with Crippen LogP contribution in [0.25, 0.3) is 0 Å². The molecule has 0 bridgehead atoms. The van der Waals surface area contributed by atoms with Gasteiger partial charge in [0, 0.05) is 25.1 Å². The third kappa shape index (κ3) is 6.89. The number of halogens is 1. The summed E-state index contributed by atoms with van der Waals surface area (Å²) in [7, 11) is 0. The van der Waals surface area contributed by atoms with Crippen LogP contribution in [-0.4, -0.2) is 31.7 Å². The molecule has 1 unspecified atom stereocenters. The molecule has 1 atom stereocenters. The number of ether oxygens (including phenoxy) is 1. The smallest absolute Gasteiger partial charge is 0.0590 e. The molecule has 0 fully saturated rings. The molecule has 0 aliphatic carbocycles. The van der Waals surface area contributed by atoms with Crippen molar-refractivity contribution in [3.8, 4) is 0 Å². The molecule has 0 aromatic carbocycles. The van der Waals surface area contributed by atoms with Gasteiger partial charge < -0.3 is 10.1 Å². The number of hydrogen-bond donors (Lipinski definition) is 1. The van der Waals surface area contributed by atoms with Crippen molar-refractivity contribution in [1.29, 1.82) is 0 Å². The number of alkyl halides is 1. The van der Waals surface area contributed by atoms with E-state index in [0.717, 1.165) is 38.5 Å². The minimum absolute atomic E-state index is 0.558. The molecule has 74 valence electrons. The van der Waals surface area contributed by atoms with Gasteiger partial charge in [-0.3, -0.25) is 0 Å². The summed E-state index contributed by atoms with van der Waals surface area (Å²) in [6, 6.07) is 0.558. The van der Waals surface area contributed by atoms with E-state index >= 15 is 0 Å². The van der Waals surface area contributed by atoms with Crippen molar-refractivity contribution in [3.63, 3.8) is 0 Å². The number of nitrogens with one attached hydrogen (secondary N) is 1. The third-order valence-corrected chi connectivity index (χ3v) is 2.05. The maximum absolute atomic E-state index is 5.64. The van der Waals surface area contributed by atoms with Crippen LogP contribution in [-0.2, 0) is 4.74 Å². The second-order valence-electron chi connectivity index (χ2n) is 2.73. The number of rotatable bonds is 8. The predicted octanol–water partition coefficient (Wildman–Crippen LogP) is 2.02. The van der Waals surface area contributed by atoms with Crippen LogP contribution >= 0.6 is 11.6 Å². The fourth-order valence-corrected chi connectivity index (χ4v) is 1.33. The van der Waals surface area contributed by atoms with Gasteiger partial charge in [0.15, 0.2) is 0 Å². The van der Waals surface area contributed by atoms with E-state index in [4.69, 9.17) is 16.3 Å². The van der Waals surface area contributed by atoms with E-state index in [1.807, 2.05) is 6.92 Å². The van der Waals surface area contributed by atoms with E-state index < -0.39 is 0 Å². The largest absolute Gasteiger partial charge is 0.380 e. The topological polar surface area (TPSA) is 21.3 Å². The Hall–Kier alpha value is 0.210. The lowest BCUT2D eigenvalue weighted by atomic mass is 10.2. The van der Waals surface area contributed by atoms with Gasteiger partial charge >= 0.3 is 0 Å². The van der Waals surface area contributed by atoms with E-state index in [2.05, 4.69) is 12.2 Å². The quantitative estimate of drug-likeness (QED) is 0.471. The molecule has 0 aliphatic rings. The summed E-state index contributed by atoms with van der Waals surface area (Å²) in [5.74, 6) is 0.736. The molecule has 0 radical (unpaired) electrons. The zero-order valence-electron chi connectivity index (χ0n) is 8.11. The van der Waals surface area contributed by atoms with Crippen LogP contribution < -0.4 is 5.32 Å². The van der Waals surface area contributed by atoms with Gasteiger partial charge in [-0.15, -0.1) is 11.6 Å². The van der Waals surface area contributed by atoms with Crippen molar-refractivity contribution in [2.75, 3.05) is 25.6 Å².